The van der Waals surface area contributed by atoms with E-state index in [-0.39, 0.29) is 38.3 Å². The van der Waals surface area contributed by atoms with Crippen molar-refractivity contribution in [3.8, 4) is 22.3 Å². The monoisotopic (exact) mass is 742 g/mol. The van der Waals surface area contributed by atoms with Crippen molar-refractivity contribution in [2.45, 2.75) is 53.9 Å². The molecule has 0 saturated carbocycles. The Bertz CT molecular complexity index is 1720. The van der Waals surface area contributed by atoms with Crippen LogP contribution >= 0.6 is 0 Å². The standard InChI is InChI=1S/C33H38N9O4.C2H6.Y/c1-6-45-33(3,4)46-42-21-26(19-38-42)25-16-28(30(34)37-18-25)24-12-14-27(15-13-24)39-31(43)29(32(44)41-40-22(2)35-5)20-36-17-23-10-8-7-9-11-23;1-2;/h7-16,18-21H,6,17H2,1-5H3,(H5-,34,35,36,37,39,40,41,43,44);1-2H3;/q-1;;/p-1. The van der Waals surface area contributed by atoms with E-state index in [9.17, 15) is 9.90 Å². The second-order valence-corrected chi connectivity index (χ2v) is 10.4. The van der Waals surface area contributed by atoms with Crippen LogP contribution in [0.5, 0.6) is 0 Å². The molecule has 0 unspecified atom stereocenters. The Morgan fingerprint density at radius 3 is 2.43 bits per heavy atom. The van der Waals surface area contributed by atoms with Gasteiger partial charge in [0.25, 0.3) is 5.91 Å². The van der Waals surface area contributed by atoms with E-state index in [1.54, 1.807) is 70.7 Å². The van der Waals surface area contributed by atoms with Crippen LogP contribution in [-0.4, -0.2) is 57.4 Å². The number of benzene rings is 2. The van der Waals surface area contributed by atoms with Gasteiger partial charge in [-0.3, -0.25) is 9.79 Å². The summed E-state index contributed by atoms with van der Waals surface area (Å²) in [4.78, 5) is 29.1. The number of nitrogens with zero attached hydrogens (tertiary/aromatic N) is 7. The zero-order valence-electron chi connectivity index (χ0n) is 29.0. The molecule has 4 rings (SSSR count). The molecule has 0 aliphatic carbocycles. The second kappa shape index (κ2) is 20.0. The SMILES string of the molecule is CC.CCOC(C)(C)On1cc(-c2cnc(N)c(-c3ccc(NC(=O)/C(C=NCc4ccccc4)=C(\O)[N-]/N=C(/C)[N-]C)cc3)c2)cn1.[Y]. The average Bonchev–Trinajstić information content (AvgIpc) is 3.55. The smallest absolute Gasteiger partial charge is 0.259 e. The van der Waals surface area contributed by atoms with Crippen LogP contribution in [0.4, 0.5) is 11.5 Å². The number of aliphatic hydroxyl groups excluding tert-OH is 1. The first-order valence-corrected chi connectivity index (χ1v) is 15.5. The second-order valence-electron chi connectivity index (χ2n) is 10.4. The average molecular weight is 743 g/mol. The number of carbonyl (C=O) groups is 1. The van der Waals surface area contributed by atoms with Crippen molar-refractivity contribution in [3.05, 3.63) is 107 Å². The predicted octanol–water partition coefficient (Wildman–Crippen LogP) is 7.11. The topological polar surface area (TPSA) is 177 Å². The third-order valence-corrected chi connectivity index (χ3v) is 6.51. The van der Waals surface area contributed by atoms with Gasteiger partial charge < -0.3 is 41.6 Å². The van der Waals surface area contributed by atoms with E-state index in [4.69, 9.17) is 15.3 Å². The molecule has 0 aliphatic rings. The largest absolute Gasteiger partial charge is 0.660 e. The summed E-state index contributed by atoms with van der Waals surface area (Å²) in [7, 11) is 1.54. The van der Waals surface area contributed by atoms with Gasteiger partial charge >= 0.3 is 0 Å². The number of nitrogens with one attached hydrogen (secondary N) is 1. The number of pyridine rings is 1. The molecule has 2 aromatic carbocycles. The molecule has 257 valence electrons. The Morgan fingerprint density at radius 1 is 1.08 bits per heavy atom. The molecule has 0 saturated heterocycles. The number of carbonyl (C=O) groups excluding carboxylic acids is 1. The third-order valence-electron chi connectivity index (χ3n) is 6.51. The number of hydrogen-bond donors (Lipinski definition) is 3. The Labute approximate surface area is 312 Å². The van der Waals surface area contributed by atoms with Crippen molar-refractivity contribution in [1.82, 2.24) is 14.9 Å². The van der Waals surface area contributed by atoms with Crippen LogP contribution in [0.1, 0.15) is 47.1 Å². The minimum atomic E-state index is -0.850. The fourth-order valence-corrected chi connectivity index (χ4v) is 4.16. The van der Waals surface area contributed by atoms with Gasteiger partial charge in [0.1, 0.15) is 5.82 Å². The summed E-state index contributed by atoms with van der Waals surface area (Å²) in [6.45, 7) is 11.9. The molecule has 14 heteroatoms. The molecular formula is C35H43N9O4Y-2. The van der Waals surface area contributed by atoms with E-state index < -0.39 is 17.6 Å². The van der Waals surface area contributed by atoms with Crippen molar-refractivity contribution in [2.24, 2.45) is 10.1 Å². The summed E-state index contributed by atoms with van der Waals surface area (Å²) in [5, 5.41) is 25.3. The molecule has 0 spiro atoms. The molecule has 4 N–H and O–H groups in total. The fourth-order valence-electron chi connectivity index (χ4n) is 4.16. The van der Waals surface area contributed by atoms with Gasteiger partial charge in [0.2, 0.25) is 5.79 Å². The Hall–Kier alpha value is -4.59. The first-order chi connectivity index (χ1) is 23.1. The Morgan fingerprint density at radius 2 is 1.78 bits per heavy atom. The van der Waals surface area contributed by atoms with Crippen LogP contribution in [0.3, 0.4) is 0 Å². The fraction of sp³-hybridized carbons (Fsp3) is 0.286. The number of ether oxygens (including phenoxy) is 1. The molecule has 0 fully saturated rings. The summed E-state index contributed by atoms with van der Waals surface area (Å²) >= 11 is 0. The number of aliphatic hydroxyl groups is 1. The number of anilines is 2. The van der Waals surface area contributed by atoms with Crippen LogP contribution in [0, 0.1) is 0 Å². The molecule has 49 heavy (non-hydrogen) atoms. The maximum atomic E-state index is 13.2. The zero-order chi connectivity index (χ0) is 35.1. The van der Waals surface area contributed by atoms with Gasteiger partial charge in [0.05, 0.1) is 24.5 Å². The number of nitrogens with two attached hydrogens (primary N) is 1. The van der Waals surface area contributed by atoms with Crippen molar-refractivity contribution in [1.29, 1.82) is 0 Å². The van der Waals surface area contributed by atoms with Crippen molar-refractivity contribution in [2.75, 3.05) is 24.7 Å². The molecule has 0 atom stereocenters. The molecule has 1 amide bonds. The molecule has 0 aliphatic heterocycles. The summed E-state index contributed by atoms with van der Waals surface area (Å²) in [6, 6.07) is 18.4. The number of nitrogen functional groups attached to an aromatic ring is 1. The van der Waals surface area contributed by atoms with Gasteiger partial charge in [0, 0.05) is 93.8 Å². The van der Waals surface area contributed by atoms with E-state index in [1.165, 1.54) is 11.1 Å². The molecule has 0 bridgehead atoms. The van der Waals surface area contributed by atoms with E-state index in [2.05, 4.69) is 36.2 Å². The van der Waals surface area contributed by atoms with Gasteiger partial charge in [-0.1, -0.05) is 63.4 Å². The predicted molar refractivity (Wildman–Crippen MR) is 192 cm³/mol. The molecular weight excluding hydrogens is 699 g/mol. The molecule has 2 aromatic heterocycles. The normalized spacial score (nSPS) is 11.9. The number of aromatic nitrogens is 3. The van der Waals surface area contributed by atoms with Crippen LogP contribution in [-0.2, 0) is 48.8 Å². The van der Waals surface area contributed by atoms with Gasteiger partial charge in [-0.15, -0.1) is 15.8 Å². The van der Waals surface area contributed by atoms with E-state index in [0.717, 1.165) is 22.3 Å². The number of amides is 1. The van der Waals surface area contributed by atoms with Crippen LogP contribution in [0.25, 0.3) is 33.0 Å². The molecule has 1 radical (unpaired) electrons. The van der Waals surface area contributed by atoms with E-state index in [0.29, 0.717) is 36.1 Å². The van der Waals surface area contributed by atoms with E-state index >= 15 is 0 Å². The number of rotatable bonds is 13. The number of amidine groups is 1. The minimum Gasteiger partial charge on any atom is -0.660 e. The zero-order valence-corrected chi connectivity index (χ0v) is 31.8. The van der Waals surface area contributed by atoms with E-state index in [1.807, 2.05) is 57.2 Å². The van der Waals surface area contributed by atoms with Gasteiger partial charge in [-0.25, -0.2) is 4.98 Å². The van der Waals surface area contributed by atoms with Crippen molar-refractivity contribution in [3.63, 3.8) is 0 Å². The summed E-state index contributed by atoms with van der Waals surface area (Å²) in [6.07, 6.45) is 6.33. The van der Waals surface area contributed by atoms with Gasteiger partial charge in [-0.05, 0) is 43.2 Å². The molecule has 4 aromatic rings. The van der Waals surface area contributed by atoms with Crippen LogP contribution in [0.15, 0.2) is 101 Å². The van der Waals surface area contributed by atoms with Gasteiger partial charge in [-0.2, -0.15) is 0 Å². The summed E-state index contributed by atoms with van der Waals surface area (Å²) < 4.78 is 5.58. The molecule has 13 nitrogen and oxygen atoms in total. The van der Waals surface area contributed by atoms with Crippen LogP contribution in [0.2, 0.25) is 0 Å². The minimum absolute atomic E-state index is 0. The number of hydrogen-bond acceptors (Lipinski definition) is 9. The first kappa shape index (κ1) is 40.6. The quantitative estimate of drug-likeness (QED) is 0.0326. The Balaban J connectivity index is 0.00000273. The van der Waals surface area contributed by atoms with Crippen molar-refractivity contribution >= 4 is 29.5 Å². The van der Waals surface area contributed by atoms with Crippen molar-refractivity contribution < 1.29 is 52.2 Å². The third kappa shape index (κ3) is 12.4. The first-order valence-electron chi connectivity index (χ1n) is 15.5. The number of aliphatic imine (C=N–C) groups is 1. The van der Waals surface area contributed by atoms with Gasteiger partial charge in [0.15, 0.2) is 0 Å². The molecule has 2 heterocycles. The van der Waals surface area contributed by atoms with Crippen LogP contribution < -0.4 is 15.9 Å². The Kier molecular flexibility index (Phi) is 16.6. The maximum absolute atomic E-state index is 13.2. The summed E-state index contributed by atoms with van der Waals surface area (Å²) in [5.74, 6) is -1.41. The summed E-state index contributed by atoms with van der Waals surface area (Å²) in [5.41, 5.74) is 14.3. The maximum Gasteiger partial charge on any atom is 0.259 e.